The number of hydrogen-bond acceptors (Lipinski definition) is 8. The summed E-state index contributed by atoms with van der Waals surface area (Å²) in [5.41, 5.74) is 6.65. The van der Waals surface area contributed by atoms with Crippen molar-refractivity contribution < 1.29 is 29.3 Å². The smallest absolute Gasteiger partial charge is 0.340 e. The van der Waals surface area contributed by atoms with Gasteiger partial charge in [0.25, 0.3) is 0 Å². The van der Waals surface area contributed by atoms with Gasteiger partial charge >= 0.3 is 11.9 Å². The van der Waals surface area contributed by atoms with Crippen molar-refractivity contribution in [3.63, 3.8) is 0 Å². The molecule has 0 bridgehead atoms. The Kier molecular flexibility index (Phi) is 6.51. The average molecular weight is 360 g/mol. The lowest BCUT2D eigenvalue weighted by Crippen LogP contribution is -2.36. The van der Waals surface area contributed by atoms with E-state index in [0.717, 1.165) is 0 Å². The number of pyridine rings is 1. The molecule has 1 aromatic carbocycles. The molecule has 26 heavy (non-hydrogen) atoms. The van der Waals surface area contributed by atoms with E-state index in [1.807, 2.05) is 0 Å². The first-order valence-corrected chi connectivity index (χ1v) is 7.91. The Bertz CT molecular complexity index is 766. The van der Waals surface area contributed by atoms with Crippen LogP contribution in [0.4, 0.5) is 0 Å². The minimum atomic E-state index is -0.958. The van der Waals surface area contributed by atoms with Gasteiger partial charge in [0.05, 0.1) is 5.56 Å². The summed E-state index contributed by atoms with van der Waals surface area (Å²) in [6.07, 6.45) is 2.38. The lowest BCUT2D eigenvalue weighted by Gasteiger charge is -2.16. The van der Waals surface area contributed by atoms with E-state index in [0.29, 0.717) is 11.1 Å². The zero-order chi connectivity index (χ0) is 19.1. The van der Waals surface area contributed by atoms with Gasteiger partial charge in [0.2, 0.25) is 0 Å². The Morgan fingerprint density at radius 2 is 2.00 bits per heavy atom. The molecule has 2 rings (SSSR count). The van der Waals surface area contributed by atoms with E-state index in [4.69, 9.17) is 15.2 Å². The highest BCUT2D eigenvalue weighted by Gasteiger charge is 2.19. The van der Waals surface area contributed by atoms with Crippen LogP contribution in [0.25, 0.3) is 0 Å². The average Bonchev–Trinajstić information content (AvgIpc) is 2.63. The number of phenolic OH excluding ortho intramolecular Hbond substituents is 2. The lowest BCUT2D eigenvalue weighted by atomic mass is 10.1. The van der Waals surface area contributed by atoms with Crippen molar-refractivity contribution in [2.75, 3.05) is 6.61 Å². The predicted molar refractivity (Wildman–Crippen MR) is 91.5 cm³/mol. The van der Waals surface area contributed by atoms with E-state index in [2.05, 4.69) is 4.98 Å². The van der Waals surface area contributed by atoms with Gasteiger partial charge in [0.1, 0.15) is 18.8 Å². The third-order valence-corrected chi connectivity index (χ3v) is 3.46. The maximum atomic E-state index is 11.9. The van der Waals surface area contributed by atoms with Gasteiger partial charge in [-0.25, -0.2) is 4.79 Å². The normalized spacial score (nSPS) is 12.8. The Hall–Kier alpha value is -3.13. The van der Waals surface area contributed by atoms with Crippen LogP contribution in [-0.4, -0.2) is 45.9 Å². The molecule has 0 aliphatic carbocycles. The van der Waals surface area contributed by atoms with Crippen molar-refractivity contribution in [3.05, 3.63) is 53.9 Å². The molecule has 1 aromatic heterocycles. The molecule has 0 fully saturated rings. The van der Waals surface area contributed by atoms with Crippen molar-refractivity contribution >= 4 is 11.9 Å². The highest BCUT2D eigenvalue weighted by molar-refractivity contribution is 5.89. The molecule has 0 amide bonds. The van der Waals surface area contributed by atoms with Gasteiger partial charge in [-0.15, -0.1) is 0 Å². The zero-order valence-electron chi connectivity index (χ0n) is 14.2. The number of aromatic hydroxyl groups is 2. The Labute approximate surface area is 150 Å². The molecule has 8 heteroatoms. The van der Waals surface area contributed by atoms with Crippen molar-refractivity contribution in [2.24, 2.45) is 5.73 Å². The topological polar surface area (TPSA) is 132 Å². The number of benzene rings is 1. The first-order valence-electron chi connectivity index (χ1n) is 7.91. The molecule has 4 N–H and O–H groups in total. The van der Waals surface area contributed by atoms with Crippen LogP contribution >= 0.6 is 0 Å². The molecular formula is C18H20N2O6. The molecule has 0 aliphatic rings. The number of hydrogen-bond donors (Lipinski definition) is 3. The van der Waals surface area contributed by atoms with Crippen LogP contribution in [0.3, 0.4) is 0 Å². The Balaban J connectivity index is 1.79. The standard InChI is InChI=1S/C18H20N2O6/c1-11(26-17(23)13-3-2-6-20-9-13)10-25-18(24)14(19)7-12-4-5-15(21)16(22)8-12/h2-6,8-9,11,14,21-22H,7,10,19H2,1H3/t11-,14+/m1/s1. The fourth-order valence-corrected chi connectivity index (χ4v) is 2.11. The molecular weight excluding hydrogens is 340 g/mol. The van der Waals surface area contributed by atoms with Crippen LogP contribution in [-0.2, 0) is 20.7 Å². The summed E-state index contributed by atoms with van der Waals surface area (Å²) in [5.74, 6) is -1.78. The molecule has 138 valence electrons. The van der Waals surface area contributed by atoms with Crippen molar-refractivity contribution in [1.82, 2.24) is 4.98 Å². The number of phenols is 2. The van der Waals surface area contributed by atoms with Crippen molar-refractivity contribution in [2.45, 2.75) is 25.5 Å². The minimum absolute atomic E-state index is 0.122. The van der Waals surface area contributed by atoms with Crippen LogP contribution in [0.1, 0.15) is 22.8 Å². The van der Waals surface area contributed by atoms with Gasteiger partial charge in [-0.2, -0.15) is 0 Å². The van der Waals surface area contributed by atoms with Gasteiger partial charge in [-0.05, 0) is 43.2 Å². The number of ether oxygens (including phenoxy) is 2. The van der Waals surface area contributed by atoms with E-state index in [1.54, 1.807) is 25.1 Å². The maximum Gasteiger partial charge on any atom is 0.340 e. The number of esters is 2. The molecule has 0 saturated carbocycles. The summed E-state index contributed by atoms with van der Waals surface area (Å²) in [6.45, 7) is 1.45. The molecule has 0 radical (unpaired) electrons. The van der Waals surface area contributed by atoms with Crippen LogP contribution in [0.2, 0.25) is 0 Å². The molecule has 1 heterocycles. The second kappa shape index (κ2) is 8.82. The van der Waals surface area contributed by atoms with Crippen molar-refractivity contribution in [3.8, 4) is 11.5 Å². The minimum Gasteiger partial charge on any atom is -0.504 e. The first kappa shape index (κ1) is 19.2. The van der Waals surface area contributed by atoms with Gasteiger partial charge in [-0.3, -0.25) is 9.78 Å². The van der Waals surface area contributed by atoms with E-state index in [9.17, 15) is 19.8 Å². The summed E-state index contributed by atoms with van der Waals surface area (Å²) in [7, 11) is 0. The molecule has 2 aromatic rings. The number of aromatic nitrogens is 1. The summed E-state index contributed by atoms with van der Waals surface area (Å²) in [6, 6.07) is 6.39. The predicted octanol–water partition coefficient (Wildman–Crippen LogP) is 1.15. The van der Waals surface area contributed by atoms with E-state index in [1.165, 1.54) is 24.5 Å². The zero-order valence-corrected chi connectivity index (χ0v) is 14.2. The number of carbonyl (C=O) groups is 2. The fourth-order valence-electron chi connectivity index (χ4n) is 2.11. The Morgan fingerprint density at radius 3 is 2.65 bits per heavy atom. The summed E-state index contributed by atoms with van der Waals surface area (Å²) in [5, 5.41) is 18.7. The van der Waals surface area contributed by atoms with Gasteiger partial charge in [0.15, 0.2) is 11.5 Å². The third-order valence-electron chi connectivity index (χ3n) is 3.46. The van der Waals surface area contributed by atoms with Crippen LogP contribution in [0.15, 0.2) is 42.7 Å². The molecule has 0 aliphatic heterocycles. The molecule has 0 saturated heterocycles. The number of rotatable bonds is 7. The Morgan fingerprint density at radius 1 is 1.23 bits per heavy atom. The van der Waals surface area contributed by atoms with Gasteiger partial charge < -0.3 is 25.4 Å². The largest absolute Gasteiger partial charge is 0.504 e. The van der Waals surface area contributed by atoms with Crippen LogP contribution in [0.5, 0.6) is 11.5 Å². The summed E-state index contributed by atoms with van der Waals surface area (Å²) < 4.78 is 10.2. The SMILES string of the molecule is C[C@H](COC(=O)[C@@H](N)Cc1ccc(O)c(O)c1)OC(=O)c1cccnc1. The van der Waals surface area contributed by atoms with Gasteiger partial charge in [0, 0.05) is 12.4 Å². The van der Waals surface area contributed by atoms with Crippen molar-refractivity contribution in [1.29, 1.82) is 0 Å². The maximum absolute atomic E-state index is 11.9. The number of nitrogens with zero attached hydrogens (tertiary/aromatic N) is 1. The van der Waals surface area contributed by atoms with Crippen LogP contribution < -0.4 is 5.73 Å². The van der Waals surface area contributed by atoms with E-state index >= 15 is 0 Å². The lowest BCUT2D eigenvalue weighted by molar-refractivity contribution is -0.148. The highest BCUT2D eigenvalue weighted by Crippen LogP contribution is 2.25. The molecule has 2 atom stereocenters. The third kappa shape index (κ3) is 5.45. The summed E-state index contributed by atoms with van der Waals surface area (Å²) >= 11 is 0. The number of nitrogens with two attached hydrogens (primary N) is 1. The van der Waals surface area contributed by atoms with Crippen LogP contribution in [0, 0.1) is 0 Å². The molecule has 0 unspecified atom stereocenters. The monoisotopic (exact) mass is 360 g/mol. The van der Waals surface area contributed by atoms with E-state index in [-0.39, 0.29) is 24.5 Å². The van der Waals surface area contributed by atoms with E-state index < -0.39 is 24.1 Å². The molecule has 0 spiro atoms. The first-order chi connectivity index (χ1) is 12.4. The fraction of sp³-hybridized carbons (Fsp3) is 0.278. The quantitative estimate of drug-likeness (QED) is 0.495. The second-order valence-corrected chi connectivity index (χ2v) is 5.72. The number of carbonyl (C=O) groups excluding carboxylic acids is 2. The summed E-state index contributed by atoms with van der Waals surface area (Å²) in [4.78, 5) is 27.6. The second-order valence-electron chi connectivity index (χ2n) is 5.72. The molecule has 8 nitrogen and oxygen atoms in total. The highest BCUT2D eigenvalue weighted by atomic mass is 16.6. The van der Waals surface area contributed by atoms with Gasteiger partial charge in [-0.1, -0.05) is 6.07 Å².